The van der Waals surface area contributed by atoms with Gasteiger partial charge in [0.25, 0.3) is 0 Å². The first kappa shape index (κ1) is 44.8. The number of hydrogen-bond donors (Lipinski definition) is 3. The van der Waals surface area contributed by atoms with Crippen LogP contribution in [0.1, 0.15) is 175 Å². The number of rotatable bonds is 25. The second kappa shape index (κ2) is 18.0. The smallest absolute Gasteiger partial charge is 0.0657 e. The molecule has 0 bridgehead atoms. The molecule has 0 saturated carbocycles. The molecule has 0 aliphatic heterocycles. The van der Waals surface area contributed by atoms with Gasteiger partial charge in [0.05, 0.1) is 36.6 Å². The Hall–Kier alpha value is -0.240. The van der Waals surface area contributed by atoms with E-state index in [4.69, 9.17) is 31.4 Å². The lowest BCUT2D eigenvalue weighted by molar-refractivity contribution is -0.146. The van der Waals surface area contributed by atoms with Gasteiger partial charge in [-0.15, -0.1) is 0 Å². The molecule has 6 N–H and O–H groups in total. The van der Waals surface area contributed by atoms with Gasteiger partial charge in [-0.3, -0.25) is 0 Å². The number of nitrogens with two attached hydrogens (primary N) is 3. The zero-order chi connectivity index (χ0) is 35.5. The Kier molecular flexibility index (Phi) is 17.9. The Balaban J connectivity index is 6.60. The average Bonchev–Trinajstić information content (AvgIpc) is 3.00. The molecule has 9 atom stereocenters. The molecule has 0 aromatic rings. The highest BCUT2D eigenvalue weighted by molar-refractivity contribution is 4.98. The topological polar surface area (TPSA) is 106 Å². The Morgan fingerprint density at radius 2 is 0.622 bits per heavy atom. The Bertz CT molecular complexity index is 728. The lowest BCUT2D eigenvalue weighted by Gasteiger charge is -2.50. The number of ether oxygens (including phenoxy) is 3. The molecule has 0 fully saturated rings. The van der Waals surface area contributed by atoms with Crippen molar-refractivity contribution >= 4 is 0 Å². The molecule has 45 heavy (non-hydrogen) atoms. The molecule has 0 heterocycles. The van der Waals surface area contributed by atoms with Gasteiger partial charge < -0.3 is 31.4 Å². The van der Waals surface area contributed by atoms with Gasteiger partial charge in [0.1, 0.15) is 0 Å². The molecule has 272 valence electrons. The Morgan fingerprint density at radius 3 is 0.778 bits per heavy atom. The zero-order valence-electron chi connectivity index (χ0n) is 33.4. The minimum Gasteiger partial charge on any atom is -0.375 e. The van der Waals surface area contributed by atoms with Crippen molar-refractivity contribution in [2.45, 2.75) is 208 Å². The summed E-state index contributed by atoms with van der Waals surface area (Å²) in [4.78, 5) is 0. The second-order valence-corrected chi connectivity index (χ2v) is 17.0. The molecule has 9 unspecified atom stereocenters. The van der Waals surface area contributed by atoms with Crippen molar-refractivity contribution in [1.82, 2.24) is 0 Å². The molecule has 6 heteroatoms. The van der Waals surface area contributed by atoms with Crippen LogP contribution in [0.25, 0.3) is 0 Å². The van der Waals surface area contributed by atoms with Crippen LogP contribution in [-0.2, 0) is 14.2 Å². The highest BCUT2D eigenvalue weighted by Crippen LogP contribution is 2.50. The Morgan fingerprint density at radius 1 is 0.400 bits per heavy atom. The lowest BCUT2D eigenvalue weighted by atomic mass is 9.63. The van der Waals surface area contributed by atoms with Crippen LogP contribution in [0.15, 0.2) is 0 Å². The predicted octanol–water partition coefficient (Wildman–Crippen LogP) is 9.40. The maximum atomic E-state index is 6.90. The van der Waals surface area contributed by atoms with Gasteiger partial charge >= 0.3 is 0 Å². The summed E-state index contributed by atoms with van der Waals surface area (Å²) < 4.78 is 20.7. The van der Waals surface area contributed by atoms with Crippen molar-refractivity contribution in [2.24, 2.45) is 40.4 Å². The first-order valence-corrected chi connectivity index (χ1v) is 18.7. The summed E-state index contributed by atoms with van der Waals surface area (Å²) >= 11 is 0. The van der Waals surface area contributed by atoms with E-state index in [2.05, 4.69) is 111 Å². The van der Waals surface area contributed by atoms with E-state index in [1.807, 2.05) is 0 Å². The second-order valence-electron chi connectivity index (χ2n) is 17.0. The van der Waals surface area contributed by atoms with E-state index in [-0.39, 0.29) is 56.6 Å². The molecule has 0 amide bonds. The molecule has 0 aromatic carbocycles. The fraction of sp³-hybridized carbons (Fsp3) is 1.00. The zero-order valence-corrected chi connectivity index (χ0v) is 33.4. The van der Waals surface area contributed by atoms with Gasteiger partial charge in [0, 0.05) is 16.6 Å². The summed E-state index contributed by atoms with van der Waals surface area (Å²) in [6.45, 7) is 37.6. The monoisotopic (exact) mass is 642 g/mol. The standard InChI is InChI=1S/C39H83N3O3/c1-17-33(11,43-24-30(8)36(14,40)20-4)27-39(23-7,28-34(12,18-2)44-25-31(9)37(15,41)21-5)29-35(13,19-3)45-26-32(10)38(16,42)22-6/h30-32H,17-29,40-42H2,1-16H3. The molecule has 0 rings (SSSR count). The molecule has 0 aromatic heterocycles. The van der Waals surface area contributed by atoms with Crippen molar-refractivity contribution in [3.05, 3.63) is 0 Å². The largest absolute Gasteiger partial charge is 0.375 e. The van der Waals surface area contributed by atoms with Crippen molar-refractivity contribution in [2.75, 3.05) is 19.8 Å². The van der Waals surface area contributed by atoms with E-state index in [1.165, 1.54) is 0 Å². The van der Waals surface area contributed by atoms with Crippen molar-refractivity contribution in [3.63, 3.8) is 0 Å². The van der Waals surface area contributed by atoms with E-state index >= 15 is 0 Å². The van der Waals surface area contributed by atoms with E-state index in [0.29, 0.717) is 19.8 Å². The lowest BCUT2D eigenvalue weighted by Crippen LogP contribution is -2.50. The van der Waals surface area contributed by atoms with Crippen molar-refractivity contribution in [3.8, 4) is 0 Å². The summed E-state index contributed by atoms with van der Waals surface area (Å²) in [5, 5.41) is 0. The van der Waals surface area contributed by atoms with Crippen LogP contribution in [-0.4, -0.2) is 53.2 Å². The van der Waals surface area contributed by atoms with Crippen molar-refractivity contribution < 1.29 is 14.2 Å². The maximum absolute atomic E-state index is 6.90. The maximum Gasteiger partial charge on any atom is 0.0657 e. The van der Waals surface area contributed by atoms with Gasteiger partial charge in [-0.2, -0.15) is 0 Å². The van der Waals surface area contributed by atoms with Crippen LogP contribution in [0.2, 0.25) is 0 Å². The third-order valence-electron chi connectivity index (χ3n) is 12.9. The normalized spacial score (nSPS) is 24.1. The fourth-order valence-electron chi connectivity index (χ4n) is 6.37. The summed E-state index contributed by atoms with van der Waals surface area (Å²) in [6.07, 6.45) is 9.38. The fourth-order valence-corrected chi connectivity index (χ4v) is 6.37. The van der Waals surface area contributed by atoms with E-state index in [0.717, 1.165) is 64.2 Å². The van der Waals surface area contributed by atoms with Gasteiger partial charge in [-0.05, 0) is 122 Å². The van der Waals surface area contributed by atoms with Crippen LogP contribution < -0.4 is 17.2 Å². The van der Waals surface area contributed by atoms with Crippen LogP contribution in [0.3, 0.4) is 0 Å². The van der Waals surface area contributed by atoms with E-state index < -0.39 is 0 Å². The summed E-state index contributed by atoms with van der Waals surface area (Å²) in [6, 6.07) is 0. The molecule has 0 aliphatic rings. The molecular weight excluding hydrogens is 558 g/mol. The van der Waals surface area contributed by atoms with E-state index in [1.54, 1.807) is 0 Å². The first-order valence-electron chi connectivity index (χ1n) is 18.7. The highest BCUT2D eigenvalue weighted by atomic mass is 16.5. The minimum atomic E-state index is -0.298. The SMILES string of the molecule is CCC(CC(C)(CC)OCC(C)C(C)(N)CC)(CC(C)(CC)OCC(C)C(C)(N)CC)CC(C)(CC)OCC(C)C(C)(N)CC. The molecule has 0 spiro atoms. The average molecular weight is 642 g/mol. The minimum absolute atomic E-state index is 0.0691. The van der Waals surface area contributed by atoms with Crippen molar-refractivity contribution in [1.29, 1.82) is 0 Å². The quantitative estimate of drug-likeness (QED) is 0.0917. The third-order valence-corrected chi connectivity index (χ3v) is 12.9. The molecular formula is C39H83N3O3. The first-order chi connectivity index (χ1) is 20.4. The highest BCUT2D eigenvalue weighted by Gasteiger charge is 2.47. The van der Waals surface area contributed by atoms with Gasteiger partial charge in [0.15, 0.2) is 0 Å². The van der Waals surface area contributed by atoms with Gasteiger partial charge in [-0.1, -0.05) is 75.7 Å². The van der Waals surface area contributed by atoms with Gasteiger partial charge in [0.2, 0.25) is 0 Å². The third kappa shape index (κ3) is 13.7. The van der Waals surface area contributed by atoms with Crippen LogP contribution in [0.4, 0.5) is 0 Å². The van der Waals surface area contributed by atoms with Crippen LogP contribution in [0.5, 0.6) is 0 Å². The van der Waals surface area contributed by atoms with Crippen LogP contribution in [0, 0.1) is 23.2 Å². The van der Waals surface area contributed by atoms with Crippen LogP contribution >= 0.6 is 0 Å². The van der Waals surface area contributed by atoms with Gasteiger partial charge in [-0.25, -0.2) is 0 Å². The summed E-state index contributed by atoms with van der Waals surface area (Å²) in [7, 11) is 0. The summed E-state index contributed by atoms with van der Waals surface area (Å²) in [5.41, 5.74) is 18.2. The Labute approximate surface area is 282 Å². The predicted molar refractivity (Wildman–Crippen MR) is 197 cm³/mol. The number of hydrogen-bond acceptors (Lipinski definition) is 6. The molecule has 0 aliphatic carbocycles. The molecule has 0 saturated heterocycles. The molecule has 6 nitrogen and oxygen atoms in total. The van der Waals surface area contributed by atoms with E-state index in [9.17, 15) is 0 Å². The summed E-state index contributed by atoms with van der Waals surface area (Å²) in [5.74, 6) is 0.775. The molecule has 0 radical (unpaired) electrons.